The van der Waals surface area contributed by atoms with Crippen molar-refractivity contribution in [1.82, 2.24) is 15.5 Å². The van der Waals surface area contributed by atoms with Crippen LogP contribution in [-0.4, -0.2) is 47.0 Å². The summed E-state index contributed by atoms with van der Waals surface area (Å²) in [6, 6.07) is 5.90. The van der Waals surface area contributed by atoms with E-state index in [0.29, 0.717) is 6.54 Å². The zero-order valence-corrected chi connectivity index (χ0v) is 22.9. The summed E-state index contributed by atoms with van der Waals surface area (Å²) in [7, 11) is 0. The Bertz CT molecular complexity index is 902. The highest BCUT2D eigenvalue weighted by molar-refractivity contribution is 5.92. The van der Waals surface area contributed by atoms with Gasteiger partial charge in [0, 0.05) is 12.6 Å². The minimum absolute atomic E-state index is 0.0713. The Hall–Kier alpha value is -2.83. The van der Waals surface area contributed by atoms with Gasteiger partial charge in [-0.05, 0) is 69.6 Å². The van der Waals surface area contributed by atoms with E-state index in [0.717, 1.165) is 49.7 Å². The fourth-order valence-electron chi connectivity index (χ4n) is 4.27. The van der Waals surface area contributed by atoms with Crippen LogP contribution in [0.1, 0.15) is 97.2 Å². The molecule has 1 saturated carbocycles. The highest BCUT2D eigenvalue weighted by atomic mass is 16.6. The number of carbonyl (C=O) groups is 3. The number of benzene rings is 1. The van der Waals surface area contributed by atoms with Crippen LogP contribution in [0.25, 0.3) is 6.08 Å². The van der Waals surface area contributed by atoms with E-state index in [9.17, 15) is 14.4 Å². The summed E-state index contributed by atoms with van der Waals surface area (Å²) >= 11 is 0. The Balaban J connectivity index is 2.45. The van der Waals surface area contributed by atoms with Crippen LogP contribution in [0.5, 0.6) is 0 Å². The summed E-state index contributed by atoms with van der Waals surface area (Å²) in [6.45, 7) is 15.7. The van der Waals surface area contributed by atoms with Crippen molar-refractivity contribution in [3.05, 3.63) is 42.0 Å². The van der Waals surface area contributed by atoms with Gasteiger partial charge in [-0.1, -0.05) is 64.5 Å². The summed E-state index contributed by atoms with van der Waals surface area (Å²) in [5.74, 6) is -0.661. The highest BCUT2D eigenvalue weighted by Gasteiger charge is 2.42. The number of carbonyl (C=O) groups excluding carboxylic acids is 3. The summed E-state index contributed by atoms with van der Waals surface area (Å²) in [4.78, 5) is 42.1. The number of alkyl carbamates (subject to hydrolysis) is 1. The predicted octanol–water partition coefficient (Wildman–Crippen LogP) is 5.61. The topological polar surface area (TPSA) is 87.7 Å². The van der Waals surface area contributed by atoms with Gasteiger partial charge < -0.3 is 20.3 Å². The normalized spacial score (nSPS) is 15.4. The quantitative estimate of drug-likeness (QED) is 0.366. The monoisotopic (exact) mass is 499 g/mol. The molecule has 2 N–H and O–H groups in total. The second kappa shape index (κ2) is 13.5. The van der Waals surface area contributed by atoms with Crippen molar-refractivity contribution in [2.24, 2.45) is 5.92 Å². The molecular weight excluding hydrogens is 454 g/mol. The Morgan fingerprint density at radius 2 is 1.89 bits per heavy atom. The van der Waals surface area contributed by atoms with Gasteiger partial charge in [0.2, 0.25) is 11.8 Å². The van der Waals surface area contributed by atoms with Gasteiger partial charge in [-0.3, -0.25) is 9.59 Å². The molecule has 1 aliphatic carbocycles. The van der Waals surface area contributed by atoms with E-state index in [-0.39, 0.29) is 23.8 Å². The molecule has 0 saturated heterocycles. The molecule has 0 bridgehead atoms. The zero-order valence-electron chi connectivity index (χ0n) is 22.9. The number of ether oxygens (including phenoxy) is 1. The first-order chi connectivity index (χ1) is 17.0. The fraction of sp³-hybridized carbons (Fsp3) is 0.621. The van der Waals surface area contributed by atoms with E-state index in [1.54, 1.807) is 31.7 Å². The third-order valence-corrected chi connectivity index (χ3v) is 6.40. The Morgan fingerprint density at radius 3 is 2.42 bits per heavy atom. The van der Waals surface area contributed by atoms with Gasteiger partial charge in [0.25, 0.3) is 0 Å². The average molecular weight is 500 g/mol. The third-order valence-electron chi connectivity index (χ3n) is 6.40. The van der Waals surface area contributed by atoms with Crippen molar-refractivity contribution in [2.75, 3.05) is 6.54 Å². The van der Waals surface area contributed by atoms with Crippen LogP contribution in [0.2, 0.25) is 0 Å². The largest absolute Gasteiger partial charge is 0.444 e. The van der Waals surface area contributed by atoms with Crippen LogP contribution in [0.3, 0.4) is 0 Å². The maximum absolute atomic E-state index is 14.1. The summed E-state index contributed by atoms with van der Waals surface area (Å²) in [5, 5.41) is 5.85. The number of amides is 3. The lowest BCUT2D eigenvalue weighted by Crippen LogP contribution is -2.58. The molecule has 2 unspecified atom stereocenters. The maximum atomic E-state index is 14.1. The molecule has 2 atom stereocenters. The van der Waals surface area contributed by atoms with Crippen LogP contribution in [0.4, 0.5) is 4.79 Å². The van der Waals surface area contributed by atoms with Crippen molar-refractivity contribution in [3.63, 3.8) is 0 Å². The van der Waals surface area contributed by atoms with Gasteiger partial charge in [0.1, 0.15) is 17.7 Å². The molecule has 0 aromatic heterocycles. The lowest BCUT2D eigenvalue weighted by atomic mass is 9.87. The van der Waals surface area contributed by atoms with Crippen LogP contribution in [0, 0.1) is 5.92 Å². The smallest absolute Gasteiger partial charge is 0.408 e. The SMILES string of the molecule is C=Cc1cccc(C(C(=O)NCCCCC)N(C(=O)C(NC(=O)OC(C)(C)C)C(C)C)C2CCC2)c1. The van der Waals surface area contributed by atoms with Gasteiger partial charge in [-0.15, -0.1) is 0 Å². The maximum Gasteiger partial charge on any atom is 0.408 e. The number of hydrogen-bond donors (Lipinski definition) is 2. The van der Waals surface area contributed by atoms with Crippen LogP contribution in [0.15, 0.2) is 30.8 Å². The molecule has 1 aromatic carbocycles. The minimum atomic E-state index is -0.821. The van der Waals surface area contributed by atoms with Crippen molar-refractivity contribution in [2.45, 2.75) is 104 Å². The number of hydrogen-bond acceptors (Lipinski definition) is 4. The molecule has 7 nitrogen and oxygen atoms in total. The summed E-state index contributed by atoms with van der Waals surface area (Å²) < 4.78 is 5.44. The van der Waals surface area contributed by atoms with Crippen molar-refractivity contribution >= 4 is 24.0 Å². The Kier molecular flexibility index (Phi) is 11.0. The van der Waals surface area contributed by atoms with Gasteiger partial charge in [-0.2, -0.15) is 0 Å². The van der Waals surface area contributed by atoms with Gasteiger partial charge in [0.05, 0.1) is 0 Å². The molecule has 36 heavy (non-hydrogen) atoms. The van der Waals surface area contributed by atoms with E-state index in [4.69, 9.17) is 4.74 Å². The van der Waals surface area contributed by atoms with Crippen molar-refractivity contribution in [3.8, 4) is 0 Å². The number of nitrogens with one attached hydrogen (secondary N) is 2. The Labute approximate surface area is 217 Å². The molecule has 0 aliphatic heterocycles. The second-order valence-corrected chi connectivity index (χ2v) is 11.0. The molecule has 1 fully saturated rings. The lowest BCUT2D eigenvalue weighted by Gasteiger charge is -2.44. The molecule has 0 spiro atoms. The Morgan fingerprint density at radius 1 is 1.19 bits per heavy atom. The van der Waals surface area contributed by atoms with Crippen LogP contribution in [-0.2, 0) is 14.3 Å². The van der Waals surface area contributed by atoms with Crippen molar-refractivity contribution in [1.29, 1.82) is 0 Å². The van der Waals surface area contributed by atoms with E-state index < -0.39 is 23.8 Å². The molecule has 0 radical (unpaired) electrons. The molecule has 1 aliphatic rings. The lowest BCUT2D eigenvalue weighted by molar-refractivity contribution is -0.148. The number of rotatable bonds is 12. The molecular formula is C29H45N3O4. The predicted molar refractivity (Wildman–Crippen MR) is 144 cm³/mol. The van der Waals surface area contributed by atoms with E-state index in [2.05, 4.69) is 24.1 Å². The first-order valence-electron chi connectivity index (χ1n) is 13.3. The van der Waals surface area contributed by atoms with Crippen molar-refractivity contribution < 1.29 is 19.1 Å². The average Bonchev–Trinajstić information content (AvgIpc) is 2.77. The number of unbranched alkanes of at least 4 members (excludes halogenated alkanes) is 2. The molecule has 0 heterocycles. The summed E-state index contributed by atoms with van der Waals surface area (Å²) in [5.41, 5.74) is 0.930. The molecule has 7 heteroatoms. The van der Waals surface area contributed by atoms with E-state index >= 15 is 0 Å². The molecule has 3 amide bonds. The third kappa shape index (κ3) is 8.38. The van der Waals surface area contributed by atoms with Gasteiger partial charge >= 0.3 is 6.09 Å². The first kappa shape index (κ1) is 29.4. The molecule has 200 valence electrons. The van der Waals surface area contributed by atoms with Crippen LogP contribution < -0.4 is 10.6 Å². The molecule has 2 rings (SSSR count). The second-order valence-electron chi connectivity index (χ2n) is 11.0. The van der Waals surface area contributed by atoms with Gasteiger partial charge in [-0.25, -0.2) is 4.79 Å². The number of nitrogens with zero attached hydrogens (tertiary/aromatic N) is 1. The molecule has 1 aromatic rings. The standard InChI is InChI=1S/C29H45N3O4/c1-8-10-11-18-30-26(33)25(22-15-12-14-21(9-2)19-22)32(23-16-13-17-23)27(34)24(20(3)4)31-28(35)36-29(5,6)7/h9,12,14-15,19-20,23-25H,2,8,10-11,13,16-18H2,1,3-7H3,(H,30,33)(H,31,35). The van der Waals surface area contributed by atoms with Crippen LogP contribution >= 0.6 is 0 Å². The van der Waals surface area contributed by atoms with E-state index in [1.165, 1.54) is 0 Å². The summed E-state index contributed by atoms with van der Waals surface area (Å²) in [6.07, 6.45) is 6.70. The highest BCUT2D eigenvalue weighted by Crippen LogP contribution is 2.34. The van der Waals surface area contributed by atoms with E-state index in [1.807, 2.05) is 38.1 Å². The zero-order chi connectivity index (χ0) is 26.9. The van der Waals surface area contributed by atoms with Gasteiger partial charge in [0.15, 0.2) is 0 Å². The fourth-order valence-corrected chi connectivity index (χ4v) is 4.27. The minimum Gasteiger partial charge on any atom is -0.444 e. The first-order valence-corrected chi connectivity index (χ1v) is 13.3.